The lowest BCUT2D eigenvalue weighted by Crippen LogP contribution is -2.24. The first-order valence-electron chi connectivity index (χ1n) is 6.12. The van der Waals surface area contributed by atoms with Crippen LogP contribution in [0.4, 0.5) is 0 Å². The van der Waals surface area contributed by atoms with Crippen LogP contribution in [0, 0.1) is 0 Å². The Morgan fingerprint density at radius 1 is 1.50 bits per heavy atom. The van der Waals surface area contributed by atoms with Crippen LogP contribution in [0.3, 0.4) is 0 Å². The largest absolute Gasteiger partial charge is 0.486 e. The minimum atomic E-state index is 0.497. The second-order valence-corrected chi connectivity index (χ2v) is 4.40. The van der Waals surface area contributed by atoms with Crippen molar-refractivity contribution in [3.05, 3.63) is 41.5 Å². The van der Waals surface area contributed by atoms with E-state index in [0.29, 0.717) is 6.61 Å². The van der Waals surface area contributed by atoms with E-state index in [-0.39, 0.29) is 0 Å². The maximum Gasteiger partial charge on any atom is 0.138 e. The van der Waals surface area contributed by atoms with E-state index in [2.05, 4.69) is 15.4 Å². The number of aryl methyl sites for hydroxylation is 1. The molecule has 5 nitrogen and oxygen atoms in total. The Kier molecular flexibility index (Phi) is 2.98. The van der Waals surface area contributed by atoms with E-state index < -0.39 is 0 Å². The molecule has 1 N–H and O–H groups in total. The molecule has 0 radical (unpaired) electrons. The third-order valence-corrected chi connectivity index (χ3v) is 3.21. The second kappa shape index (κ2) is 4.78. The van der Waals surface area contributed by atoms with Crippen LogP contribution in [-0.2, 0) is 26.6 Å². The molecule has 0 aliphatic carbocycles. The second-order valence-electron chi connectivity index (χ2n) is 4.40. The molecule has 3 heterocycles. The Balaban J connectivity index is 1.77. The summed E-state index contributed by atoms with van der Waals surface area (Å²) < 4.78 is 7.68. The number of hydrogen-bond acceptors (Lipinski definition) is 4. The highest BCUT2D eigenvalue weighted by atomic mass is 16.5. The van der Waals surface area contributed by atoms with Crippen molar-refractivity contribution in [2.75, 3.05) is 6.54 Å². The third kappa shape index (κ3) is 2.09. The molecule has 1 aliphatic rings. The van der Waals surface area contributed by atoms with Crippen LogP contribution in [-0.4, -0.2) is 21.3 Å². The van der Waals surface area contributed by atoms with Crippen molar-refractivity contribution < 1.29 is 4.74 Å². The van der Waals surface area contributed by atoms with Crippen LogP contribution in [0.15, 0.2) is 24.5 Å². The molecular formula is C13H16N4O. The first kappa shape index (κ1) is 11.2. The Hall–Kier alpha value is -1.88. The number of nitrogens with one attached hydrogen (secondary N) is 1. The molecule has 2 aromatic rings. The predicted molar refractivity (Wildman–Crippen MR) is 67.2 cm³/mol. The maximum atomic E-state index is 5.71. The summed E-state index contributed by atoms with van der Waals surface area (Å²) in [4.78, 5) is 4.03. The summed E-state index contributed by atoms with van der Waals surface area (Å²) in [5.74, 6) is 0.778. The topological polar surface area (TPSA) is 52.0 Å². The van der Waals surface area contributed by atoms with Gasteiger partial charge in [-0.25, -0.2) is 0 Å². The summed E-state index contributed by atoms with van der Waals surface area (Å²) >= 11 is 0. The Bertz CT molecular complexity index is 535. The average Bonchev–Trinajstić information content (AvgIpc) is 2.75. The van der Waals surface area contributed by atoms with E-state index in [0.717, 1.165) is 31.0 Å². The van der Waals surface area contributed by atoms with Gasteiger partial charge in [-0.1, -0.05) is 0 Å². The maximum absolute atomic E-state index is 5.71. The Morgan fingerprint density at radius 2 is 2.44 bits per heavy atom. The summed E-state index contributed by atoms with van der Waals surface area (Å²) in [6.45, 7) is 2.40. The molecule has 18 heavy (non-hydrogen) atoms. The lowest BCUT2D eigenvalue weighted by Gasteiger charge is -2.14. The van der Waals surface area contributed by atoms with E-state index >= 15 is 0 Å². The molecule has 2 aromatic heterocycles. The molecule has 3 rings (SSSR count). The van der Waals surface area contributed by atoms with Crippen LogP contribution in [0.5, 0.6) is 5.75 Å². The number of hydrogen-bond donors (Lipinski definition) is 1. The summed E-state index contributed by atoms with van der Waals surface area (Å²) in [5.41, 5.74) is 3.62. The van der Waals surface area contributed by atoms with Crippen LogP contribution in [0.2, 0.25) is 0 Å². The smallest absolute Gasteiger partial charge is 0.138 e. The molecule has 0 atom stereocenters. The lowest BCUT2D eigenvalue weighted by molar-refractivity contribution is 0.297. The molecule has 1 aliphatic heterocycles. The van der Waals surface area contributed by atoms with Gasteiger partial charge in [-0.3, -0.25) is 9.67 Å². The molecule has 94 valence electrons. The summed E-state index contributed by atoms with van der Waals surface area (Å²) in [6.07, 6.45) is 4.48. The molecule has 0 bridgehead atoms. The Labute approximate surface area is 106 Å². The molecule has 0 fully saturated rings. The summed E-state index contributed by atoms with van der Waals surface area (Å²) in [6, 6.07) is 3.77. The van der Waals surface area contributed by atoms with Crippen molar-refractivity contribution >= 4 is 0 Å². The van der Waals surface area contributed by atoms with Gasteiger partial charge < -0.3 is 10.1 Å². The zero-order valence-corrected chi connectivity index (χ0v) is 10.4. The van der Waals surface area contributed by atoms with Gasteiger partial charge in [0, 0.05) is 44.0 Å². The molecule has 0 spiro atoms. The highest BCUT2D eigenvalue weighted by Gasteiger charge is 2.19. The number of pyridine rings is 1. The number of fused-ring (bicyclic) bond motifs is 1. The van der Waals surface area contributed by atoms with E-state index in [1.165, 1.54) is 11.3 Å². The number of nitrogens with zero attached hydrogens (tertiary/aromatic N) is 3. The molecule has 0 saturated carbocycles. The monoisotopic (exact) mass is 244 g/mol. The fraction of sp³-hybridized carbons (Fsp3) is 0.385. The highest BCUT2D eigenvalue weighted by molar-refractivity contribution is 5.28. The standard InChI is InChI=1S/C13H16N4O/c1-17-13-4-6-15-8-11(13)12(16-17)9-18-10-3-2-5-14-7-10/h2-3,5,7,15H,4,6,8-9H2,1H3. The first-order valence-corrected chi connectivity index (χ1v) is 6.12. The van der Waals surface area contributed by atoms with Crippen LogP contribution in [0.25, 0.3) is 0 Å². The van der Waals surface area contributed by atoms with Gasteiger partial charge in [0.1, 0.15) is 18.1 Å². The quantitative estimate of drug-likeness (QED) is 0.876. The molecule has 0 aromatic carbocycles. The molecule has 0 unspecified atom stereocenters. The SMILES string of the molecule is Cn1nc(COc2cccnc2)c2c1CCNC2. The van der Waals surface area contributed by atoms with Crippen LogP contribution >= 0.6 is 0 Å². The number of rotatable bonds is 3. The minimum Gasteiger partial charge on any atom is -0.486 e. The van der Waals surface area contributed by atoms with Gasteiger partial charge >= 0.3 is 0 Å². The van der Waals surface area contributed by atoms with Crippen LogP contribution in [0.1, 0.15) is 17.0 Å². The van der Waals surface area contributed by atoms with Crippen molar-refractivity contribution in [3.8, 4) is 5.75 Å². The van der Waals surface area contributed by atoms with Crippen molar-refractivity contribution in [3.63, 3.8) is 0 Å². The predicted octanol–water partition coefficient (Wildman–Crippen LogP) is 1.04. The van der Waals surface area contributed by atoms with Gasteiger partial charge in [0.2, 0.25) is 0 Å². The fourth-order valence-electron chi connectivity index (χ4n) is 2.30. The zero-order chi connectivity index (χ0) is 12.4. The normalized spacial score (nSPS) is 14.3. The molecule has 0 amide bonds. The molecule has 5 heteroatoms. The van der Waals surface area contributed by atoms with Gasteiger partial charge in [-0.15, -0.1) is 0 Å². The van der Waals surface area contributed by atoms with Crippen molar-refractivity contribution in [1.29, 1.82) is 0 Å². The van der Waals surface area contributed by atoms with E-state index in [4.69, 9.17) is 4.74 Å². The third-order valence-electron chi connectivity index (χ3n) is 3.21. The van der Waals surface area contributed by atoms with Crippen molar-refractivity contribution in [2.24, 2.45) is 7.05 Å². The average molecular weight is 244 g/mol. The van der Waals surface area contributed by atoms with Gasteiger partial charge in [0.05, 0.1) is 6.20 Å². The molecular weight excluding hydrogens is 228 g/mol. The number of ether oxygens (including phenoxy) is 1. The van der Waals surface area contributed by atoms with Gasteiger partial charge in [0.25, 0.3) is 0 Å². The summed E-state index contributed by atoms with van der Waals surface area (Å²) in [7, 11) is 2.00. The highest BCUT2D eigenvalue weighted by Crippen LogP contribution is 2.19. The van der Waals surface area contributed by atoms with Crippen molar-refractivity contribution in [2.45, 2.75) is 19.6 Å². The summed E-state index contributed by atoms with van der Waals surface area (Å²) in [5, 5.41) is 7.91. The van der Waals surface area contributed by atoms with E-state index in [1.807, 2.05) is 23.9 Å². The minimum absolute atomic E-state index is 0.497. The van der Waals surface area contributed by atoms with Gasteiger partial charge in [0.15, 0.2) is 0 Å². The molecule has 0 saturated heterocycles. The van der Waals surface area contributed by atoms with Crippen molar-refractivity contribution in [1.82, 2.24) is 20.1 Å². The van der Waals surface area contributed by atoms with Gasteiger partial charge in [-0.2, -0.15) is 5.10 Å². The number of aromatic nitrogens is 3. The first-order chi connectivity index (χ1) is 8.84. The Morgan fingerprint density at radius 3 is 3.28 bits per heavy atom. The van der Waals surface area contributed by atoms with Gasteiger partial charge in [-0.05, 0) is 12.1 Å². The van der Waals surface area contributed by atoms with Crippen LogP contribution < -0.4 is 10.1 Å². The lowest BCUT2D eigenvalue weighted by atomic mass is 10.1. The van der Waals surface area contributed by atoms with E-state index in [1.54, 1.807) is 12.4 Å². The zero-order valence-electron chi connectivity index (χ0n) is 10.4. The van der Waals surface area contributed by atoms with E-state index in [9.17, 15) is 0 Å². The fourth-order valence-corrected chi connectivity index (χ4v) is 2.30.